The predicted octanol–water partition coefficient (Wildman–Crippen LogP) is 4.50. The number of fused-ring (bicyclic) bond motifs is 2. The normalized spacial score (nSPS) is 16.4. The zero-order valence-electron chi connectivity index (χ0n) is 17.5. The van der Waals surface area contributed by atoms with Crippen LogP contribution in [0.1, 0.15) is 18.4 Å². The quantitative estimate of drug-likeness (QED) is 0.523. The van der Waals surface area contributed by atoms with Gasteiger partial charge in [0.05, 0.1) is 11.9 Å². The molecule has 2 aliphatic rings. The van der Waals surface area contributed by atoms with E-state index in [0.29, 0.717) is 32.4 Å². The van der Waals surface area contributed by atoms with Gasteiger partial charge in [0.15, 0.2) is 0 Å². The number of amides is 1. The first-order chi connectivity index (χ1) is 15.7. The number of anilines is 2. The van der Waals surface area contributed by atoms with Crippen molar-refractivity contribution in [1.82, 2.24) is 14.6 Å². The Hall–Kier alpha value is -3.74. The number of halogens is 1. The van der Waals surface area contributed by atoms with E-state index in [1.54, 1.807) is 6.20 Å². The lowest BCUT2D eigenvalue weighted by atomic mass is 9.97. The number of benzene rings is 2. The molecular weight excluding hydrogens is 405 g/mol. The molecular formula is C25H22FN5O. The number of alkyl halides is 1. The van der Waals surface area contributed by atoms with Crippen molar-refractivity contribution in [3.05, 3.63) is 66.4 Å². The summed E-state index contributed by atoms with van der Waals surface area (Å²) in [5.74, 6) is 0.749. The van der Waals surface area contributed by atoms with Crippen molar-refractivity contribution in [1.29, 1.82) is 0 Å². The van der Waals surface area contributed by atoms with Crippen molar-refractivity contribution in [3.8, 4) is 22.4 Å². The third-order valence-electron chi connectivity index (χ3n) is 6.31. The van der Waals surface area contributed by atoms with Crippen LogP contribution in [0, 0.1) is 0 Å². The molecule has 2 aromatic carbocycles. The maximum Gasteiger partial charge on any atom is 0.228 e. The molecule has 4 heterocycles. The van der Waals surface area contributed by atoms with Gasteiger partial charge in [0.2, 0.25) is 11.9 Å². The number of rotatable bonds is 3. The van der Waals surface area contributed by atoms with Crippen molar-refractivity contribution < 1.29 is 9.18 Å². The lowest BCUT2D eigenvalue weighted by molar-refractivity contribution is -0.115. The molecule has 1 fully saturated rings. The fourth-order valence-corrected chi connectivity index (χ4v) is 4.70. The summed E-state index contributed by atoms with van der Waals surface area (Å²) in [6, 6.07) is 18.1. The van der Waals surface area contributed by atoms with Gasteiger partial charge in [-0.05, 0) is 42.2 Å². The van der Waals surface area contributed by atoms with Gasteiger partial charge >= 0.3 is 0 Å². The predicted molar refractivity (Wildman–Crippen MR) is 123 cm³/mol. The molecule has 4 aromatic rings. The van der Waals surface area contributed by atoms with Gasteiger partial charge in [-0.25, -0.2) is 9.37 Å². The van der Waals surface area contributed by atoms with Crippen LogP contribution >= 0.6 is 0 Å². The zero-order chi connectivity index (χ0) is 21.7. The number of aromatic nitrogens is 3. The average molecular weight is 427 g/mol. The molecule has 1 N–H and O–H groups in total. The van der Waals surface area contributed by atoms with Crippen LogP contribution in [-0.2, 0) is 11.2 Å². The Balaban J connectivity index is 1.56. The standard InChI is InChI=1S/C25H22FN5O/c26-19-9-12-30(13-10-19)25-27-11-8-21-23(17-6-7-20-18(14-17)15-22(32)28-20)24(29-31(21)25)16-4-2-1-3-5-16/h1-8,11,14,19H,9-10,12-13,15H2,(H,28,32). The Morgan fingerprint density at radius 3 is 2.62 bits per heavy atom. The number of nitrogens with zero attached hydrogens (tertiary/aromatic N) is 4. The highest BCUT2D eigenvalue weighted by molar-refractivity contribution is 6.01. The van der Waals surface area contributed by atoms with E-state index in [1.165, 1.54) is 0 Å². The molecule has 0 radical (unpaired) electrons. The van der Waals surface area contributed by atoms with Crippen LogP contribution in [0.15, 0.2) is 60.8 Å². The van der Waals surface area contributed by atoms with E-state index in [0.717, 1.165) is 45.1 Å². The summed E-state index contributed by atoms with van der Waals surface area (Å²) in [5.41, 5.74) is 6.68. The Morgan fingerprint density at radius 2 is 1.81 bits per heavy atom. The fraction of sp³-hybridized carbons (Fsp3) is 0.240. The SMILES string of the molecule is O=C1Cc2cc(-c3c(-c4ccccc4)nn4c(N5CCC(F)CC5)nccc34)ccc2N1. The number of carbonyl (C=O) groups excluding carboxylic acids is 1. The van der Waals surface area contributed by atoms with E-state index >= 15 is 0 Å². The lowest BCUT2D eigenvalue weighted by Crippen LogP contribution is -2.36. The maximum atomic E-state index is 13.7. The average Bonchev–Trinajstić information content (AvgIpc) is 3.39. The van der Waals surface area contributed by atoms with Crippen LogP contribution in [0.4, 0.5) is 16.0 Å². The molecule has 6 rings (SSSR count). The molecule has 0 spiro atoms. The molecule has 2 aromatic heterocycles. The minimum Gasteiger partial charge on any atom is -0.341 e. The highest BCUT2D eigenvalue weighted by Gasteiger charge is 2.25. The second-order valence-electron chi connectivity index (χ2n) is 8.39. The van der Waals surface area contributed by atoms with Gasteiger partial charge < -0.3 is 10.2 Å². The van der Waals surface area contributed by atoms with Gasteiger partial charge in [-0.1, -0.05) is 36.4 Å². The lowest BCUT2D eigenvalue weighted by Gasteiger charge is -2.29. The first-order valence-electron chi connectivity index (χ1n) is 10.9. The van der Waals surface area contributed by atoms with Crippen molar-refractivity contribution in [2.45, 2.75) is 25.4 Å². The minimum absolute atomic E-state index is 0.0167. The molecule has 7 heteroatoms. The zero-order valence-corrected chi connectivity index (χ0v) is 17.5. The molecule has 0 bridgehead atoms. The van der Waals surface area contributed by atoms with Crippen LogP contribution in [0.2, 0.25) is 0 Å². The van der Waals surface area contributed by atoms with Gasteiger partial charge in [0.25, 0.3) is 0 Å². The number of carbonyl (C=O) groups is 1. The monoisotopic (exact) mass is 427 g/mol. The summed E-state index contributed by atoms with van der Waals surface area (Å²) in [5, 5.41) is 7.90. The highest BCUT2D eigenvalue weighted by Crippen LogP contribution is 2.38. The van der Waals surface area contributed by atoms with Gasteiger partial charge in [-0.3, -0.25) is 4.79 Å². The topological polar surface area (TPSA) is 62.5 Å². The first-order valence-corrected chi connectivity index (χ1v) is 10.9. The number of piperidine rings is 1. The van der Waals surface area contributed by atoms with Crippen LogP contribution in [0.5, 0.6) is 0 Å². The van der Waals surface area contributed by atoms with Crippen molar-refractivity contribution in [2.75, 3.05) is 23.3 Å². The van der Waals surface area contributed by atoms with E-state index in [1.807, 2.05) is 53.0 Å². The largest absolute Gasteiger partial charge is 0.341 e. The van der Waals surface area contributed by atoms with Gasteiger partial charge in [-0.2, -0.15) is 9.61 Å². The highest BCUT2D eigenvalue weighted by atomic mass is 19.1. The van der Waals surface area contributed by atoms with E-state index in [-0.39, 0.29) is 5.91 Å². The molecule has 0 aliphatic carbocycles. The van der Waals surface area contributed by atoms with Gasteiger partial charge in [0, 0.05) is 36.1 Å². The summed E-state index contributed by atoms with van der Waals surface area (Å²) >= 11 is 0. The summed E-state index contributed by atoms with van der Waals surface area (Å²) in [6.07, 6.45) is 2.44. The van der Waals surface area contributed by atoms with Crippen LogP contribution in [0.3, 0.4) is 0 Å². The van der Waals surface area contributed by atoms with Crippen molar-refractivity contribution in [3.63, 3.8) is 0 Å². The second-order valence-corrected chi connectivity index (χ2v) is 8.39. The molecule has 0 atom stereocenters. The molecule has 0 saturated carbocycles. The molecule has 2 aliphatic heterocycles. The summed E-state index contributed by atoms with van der Waals surface area (Å²) < 4.78 is 15.6. The van der Waals surface area contributed by atoms with E-state index in [9.17, 15) is 9.18 Å². The molecule has 1 saturated heterocycles. The Morgan fingerprint density at radius 1 is 1.00 bits per heavy atom. The molecule has 0 unspecified atom stereocenters. The smallest absolute Gasteiger partial charge is 0.228 e. The van der Waals surface area contributed by atoms with Crippen LogP contribution < -0.4 is 10.2 Å². The summed E-state index contributed by atoms with van der Waals surface area (Å²) in [4.78, 5) is 18.6. The summed E-state index contributed by atoms with van der Waals surface area (Å²) in [6.45, 7) is 1.24. The van der Waals surface area contributed by atoms with Gasteiger partial charge in [-0.15, -0.1) is 0 Å². The Kier molecular flexibility index (Phi) is 4.41. The summed E-state index contributed by atoms with van der Waals surface area (Å²) in [7, 11) is 0. The molecule has 32 heavy (non-hydrogen) atoms. The fourth-order valence-electron chi connectivity index (χ4n) is 4.70. The Bertz CT molecular complexity index is 1330. The Labute approximate surface area is 184 Å². The third-order valence-corrected chi connectivity index (χ3v) is 6.31. The number of nitrogens with one attached hydrogen (secondary N) is 1. The number of hydrogen-bond donors (Lipinski definition) is 1. The van der Waals surface area contributed by atoms with Gasteiger partial charge in [0.1, 0.15) is 11.9 Å². The van der Waals surface area contributed by atoms with Crippen LogP contribution in [-0.4, -0.2) is 39.8 Å². The van der Waals surface area contributed by atoms with E-state index in [2.05, 4.69) is 21.3 Å². The minimum atomic E-state index is -0.749. The van der Waals surface area contributed by atoms with Crippen molar-refractivity contribution in [2.24, 2.45) is 0 Å². The molecule has 160 valence electrons. The van der Waals surface area contributed by atoms with E-state index in [4.69, 9.17) is 5.10 Å². The molecule has 6 nitrogen and oxygen atoms in total. The molecule has 1 amide bonds. The maximum absolute atomic E-state index is 13.7. The third kappa shape index (κ3) is 3.12. The van der Waals surface area contributed by atoms with Crippen molar-refractivity contribution >= 4 is 23.1 Å². The second kappa shape index (κ2) is 7.44. The number of hydrogen-bond acceptors (Lipinski definition) is 4. The van der Waals surface area contributed by atoms with E-state index < -0.39 is 6.17 Å². The first kappa shape index (κ1) is 19.0. The van der Waals surface area contributed by atoms with Crippen LogP contribution in [0.25, 0.3) is 27.9 Å².